The highest BCUT2D eigenvalue weighted by Gasteiger charge is 2.34. The zero-order valence-electron chi connectivity index (χ0n) is 29.4. The Morgan fingerprint density at radius 2 is 1.67 bits per heavy atom. The van der Waals surface area contributed by atoms with Crippen molar-refractivity contribution in [3.8, 4) is 0 Å². The number of nitrogens with zero attached hydrogens (tertiary/aromatic N) is 2. The molecule has 1 fully saturated rings. The zero-order valence-corrected chi connectivity index (χ0v) is 30.2. The molecule has 1 heterocycles. The molecular weight excluding hydrogens is 648 g/mol. The minimum Gasteiger partial charge on any atom is -0.493 e. The molecule has 0 aromatic carbocycles. The first-order valence-corrected chi connectivity index (χ1v) is 19.6. The van der Waals surface area contributed by atoms with E-state index in [2.05, 4.69) is 22.8 Å². The molecule has 3 aliphatic rings. The Balaban J connectivity index is 1.23. The van der Waals surface area contributed by atoms with E-state index in [0.717, 1.165) is 76.6 Å². The van der Waals surface area contributed by atoms with Gasteiger partial charge >= 0.3 is 5.97 Å². The summed E-state index contributed by atoms with van der Waals surface area (Å²) < 4.78 is 33.9. The molecule has 13 heteroatoms. The van der Waals surface area contributed by atoms with Crippen molar-refractivity contribution < 1.29 is 37.8 Å². The van der Waals surface area contributed by atoms with Gasteiger partial charge in [0.2, 0.25) is 21.8 Å². The van der Waals surface area contributed by atoms with Crippen molar-refractivity contribution in [2.24, 2.45) is 17.8 Å². The maximum absolute atomic E-state index is 13.2. The van der Waals surface area contributed by atoms with Crippen molar-refractivity contribution in [1.29, 1.82) is 0 Å². The number of amides is 2. The van der Waals surface area contributed by atoms with Gasteiger partial charge in [0.1, 0.15) is 25.1 Å². The number of rotatable bonds is 22. The molecule has 1 aliphatic heterocycles. The van der Waals surface area contributed by atoms with Gasteiger partial charge in [-0.1, -0.05) is 43.9 Å². The average Bonchev–Trinajstić information content (AvgIpc) is 3.11. The Hall–Kier alpha value is -3.00. The van der Waals surface area contributed by atoms with Gasteiger partial charge in [0, 0.05) is 39.1 Å². The maximum atomic E-state index is 13.2. The van der Waals surface area contributed by atoms with E-state index in [1.54, 1.807) is 6.08 Å². The van der Waals surface area contributed by atoms with Crippen LogP contribution in [0.4, 0.5) is 0 Å². The Labute approximate surface area is 292 Å². The van der Waals surface area contributed by atoms with Crippen LogP contribution < -0.4 is 10.6 Å². The summed E-state index contributed by atoms with van der Waals surface area (Å²) in [5.41, 5.74) is 0. The number of nitrogens with one attached hydrogen (secondary N) is 2. The Morgan fingerprint density at radius 3 is 2.29 bits per heavy atom. The highest BCUT2D eigenvalue weighted by Crippen LogP contribution is 2.34. The number of allylic oxidation sites excluding steroid dienone is 5. The Bertz CT molecular complexity index is 1300. The molecule has 0 aromatic rings. The Kier molecular flexibility index (Phi) is 17.5. The Morgan fingerprint density at radius 1 is 0.980 bits per heavy atom. The van der Waals surface area contributed by atoms with Crippen LogP contribution in [0.1, 0.15) is 90.9 Å². The van der Waals surface area contributed by atoms with Gasteiger partial charge in [-0.2, -0.15) is 4.31 Å². The molecule has 0 aromatic heterocycles. The number of hydrogen-bond donors (Lipinski definition) is 4. The van der Waals surface area contributed by atoms with Crippen LogP contribution in [0.25, 0.3) is 0 Å². The second kappa shape index (κ2) is 21.3. The normalized spacial score (nSPS) is 20.7. The van der Waals surface area contributed by atoms with Crippen molar-refractivity contribution in [3.05, 3.63) is 47.1 Å². The van der Waals surface area contributed by atoms with Crippen LogP contribution in [0, 0.1) is 17.8 Å². The molecule has 0 spiro atoms. The summed E-state index contributed by atoms with van der Waals surface area (Å²) in [6, 6.07) is 0. The average molecular weight is 707 g/mol. The van der Waals surface area contributed by atoms with E-state index in [1.165, 1.54) is 16.5 Å². The topological polar surface area (TPSA) is 166 Å². The smallest absolute Gasteiger partial charge is 0.322 e. The summed E-state index contributed by atoms with van der Waals surface area (Å²) in [5, 5.41) is 24.4. The third kappa shape index (κ3) is 13.7. The van der Waals surface area contributed by atoms with E-state index in [4.69, 9.17) is 9.84 Å². The fraction of sp³-hybridized carbons (Fsp3) is 0.694. The number of unbranched alkanes of at least 4 members (excludes halogenated alkanes) is 5. The van der Waals surface area contributed by atoms with Crippen LogP contribution >= 0.6 is 0 Å². The first-order chi connectivity index (χ1) is 23.5. The number of sulfonamides is 1. The van der Waals surface area contributed by atoms with E-state index in [-0.39, 0.29) is 17.2 Å². The van der Waals surface area contributed by atoms with Gasteiger partial charge in [0.15, 0.2) is 0 Å². The molecule has 4 N–H and O–H groups in total. The third-order valence-corrected chi connectivity index (χ3v) is 11.6. The molecule has 1 saturated heterocycles. The number of piperidine rings is 1. The van der Waals surface area contributed by atoms with Gasteiger partial charge in [-0.25, -0.2) is 8.42 Å². The lowest BCUT2D eigenvalue weighted by Crippen LogP contribution is -2.40. The number of aliphatic hydroxyl groups excluding tert-OH is 1. The number of carboxylic acids is 1. The predicted molar refractivity (Wildman–Crippen MR) is 189 cm³/mol. The highest BCUT2D eigenvalue weighted by molar-refractivity contribution is 7.93. The van der Waals surface area contributed by atoms with Gasteiger partial charge < -0.3 is 25.2 Å². The van der Waals surface area contributed by atoms with Crippen molar-refractivity contribution in [3.63, 3.8) is 0 Å². The van der Waals surface area contributed by atoms with Gasteiger partial charge in [-0.05, 0) is 88.9 Å². The quantitative estimate of drug-likeness (QED) is 0.0960. The van der Waals surface area contributed by atoms with Gasteiger partial charge in [-0.15, -0.1) is 0 Å². The summed E-state index contributed by atoms with van der Waals surface area (Å²) >= 11 is 0. The van der Waals surface area contributed by atoms with E-state index in [0.29, 0.717) is 50.9 Å². The molecular formula is C36H58N4O8S. The lowest BCUT2D eigenvalue weighted by molar-refractivity contribution is -0.138. The summed E-state index contributed by atoms with van der Waals surface area (Å²) in [4.78, 5) is 36.9. The molecule has 0 radical (unpaired) electrons. The lowest BCUT2D eigenvalue weighted by Gasteiger charge is -2.35. The summed E-state index contributed by atoms with van der Waals surface area (Å²) in [7, 11) is -3.66. The molecule has 3 atom stereocenters. The molecule has 49 heavy (non-hydrogen) atoms. The first kappa shape index (κ1) is 40.4. The lowest BCUT2D eigenvalue weighted by atomic mass is 9.81. The van der Waals surface area contributed by atoms with Crippen molar-refractivity contribution in [2.45, 2.75) is 97.1 Å². The monoisotopic (exact) mass is 706 g/mol. The SMILES string of the molecule is CCN(CC)C(=O)CCCCCCCCC(O)NCCOC1=CCC(C2CCN(S(=O)(=O)C3=CCC(C(=O)NCC(=O)O)C=C3)CC2)C=C1. The van der Waals surface area contributed by atoms with E-state index in [1.807, 2.05) is 24.8 Å². The minimum atomic E-state index is -3.66. The summed E-state index contributed by atoms with van der Waals surface area (Å²) in [6.07, 6.45) is 20.4. The molecule has 3 unspecified atom stereocenters. The fourth-order valence-corrected chi connectivity index (χ4v) is 8.15. The van der Waals surface area contributed by atoms with Crippen LogP contribution in [-0.4, -0.2) is 97.7 Å². The predicted octanol–water partition coefficient (Wildman–Crippen LogP) is 4.06. The molecule has 0 bridgehead atoms. The second-order valence-electron chi connectivity index (χ2n) is 13.1. The van der Waals surface area contributed by atoms with Crippen LogP contribution in [0.3, 0.4) is 0 Å². The molecule has 12 nitrogen and oxygen atoms in total. The number of carboxylic acid groups (broad SMARTS) is 1. The summed E-state index contributed by atoms with van der Waals surface area (Å²) in [5.74, 6) is -0.388. The van der Waals surface area contributed by atoms with Gasteiger partial charge in [-0.3, -0.25) is 19.7 Å². The third-order valence-electron chi connectivity index (χ3n) is 9.64. The van der Waals surface area contributed by atoms with E-state index >= 15 is 0 Å². The molecule has 276 valence electrons. The van der Waals surface area contributed by atoms with Crippen LogP contribution in [0.5, 0.6) is 0 Å². The maximum Gasteiger partial charge on any atom is 0.322 e. The minimum absolute atomic E-state index is 0.181. The zero-order chi connectivity index (χ0) is 35.6. The number of carbonyl (C=O) groups is 3. The van der Waals surface area contributed by atoms with Crippen molar-refractivity contribution in [1.82, 2.24) is 19.8 Å². The first-order valence-electron chi connectivity index (χ1n) is 18.1. The van der Waals surface area contributed by atoms with Crippen molar-refractivity contribution >= 4 is 27.8 Å². The van der Waals surface area contributed by atoms with Gasteiger partial charge in [0.25, 0.3) is 0 Å². The number of ether oxygens (including phenoxy) is 1. The number of hydrogen-bond acceptors (Lipinski definition) is 8. The largest absolute Gasteiger partial charge is 0.493 e. The number of aliphatic hydroxyl groups is 1. The van der Waals surface area contributed by atoms with Gasteiger partial charge in [0.05, 0.1) is 10.8 Å². The molecule has 3 rings (SSSR count). The summed E-state index contributed by atoms with van der Waals surface area (Å²) in [6.45, 7) is 7.00. The molecule has 2 aliphatic carbocycles. The standard InChI is InChI=1S/C36H58N4O8S/c1-3-39(4-2)34(42)12-10-8-6-5-7-9-11-33(41)37-23-26-48-31-17-13-28(14-18-31)29-21-24-40(25-22-29)49(46,47)32-19-15-30(16-20-32)36(45)38-27-35(43)44/h13,15,17-20,28-30,33,37,41H,3-12,14,16,21-27H2,1-2H3,(H,38,45)(H,43,44). The molecule has 2 amide bonds. The second-order valence-corrected chi connectivity index (χ2v) is 15.0. The number of carbonyl (C=O) groups excluding carboxylic acids is 2. The van der Waals surface area contributed by atoms with E-state index < -0.39 is 40.6 Å². The highest BCUT2D eigenvalue weighted by atomic mass is 32.2. The van der Waals surface area contributed by atoms with Crippen LogP contribution in [0.2, 0.25) is 0 Å². The van der Waals surface area contributed by atoms with E-state index in [9.17, 15) is 27.9 Å². The van der Waals surface area contributed by atoms with Crippen LogP contribution in [0.15, 0.2) is 47.1 Å². The van der Waals surface area contributed by atoms with Crippen molar-refractivity contribution in [2.75, 3.05) is 45.9 Å². The van der Waals surface area contributed by atoms with Crippen LogP contribution in [-0.2, 0) is 29.1 Å². The fourth-order valence-electron chi connectivity index (χ4n) is 6.60. The number of aliphatic carboxylic acids is 1. The molecule has 0 saturated carbocycles.